The molecule has 2 atom stereocenters. The number of nitrogens with zero attached hydrogens (tertiary/aromatic N) is 1. The van der Waals surface area contributed by atoms with E-state index in [-0.39, 0.29) is 6.04 Å². The summed E-state index contributed by atoms with van der Waals surface area (Å²) in [5.41, 5.74) is 2.99. The smallest absolute Gasteiger partial charge is 0.189 e. The number of anilines is 1. The predicted molar refractivity (Wildman–Crippen MR) is 83.3 cm³/mol. The minimum absolute atomic E-state index is 0.0338. The molecular formula is C17H17NO2S. The molecular weight excluding hydrogens is 282 g/mol. The molecule has 3 nitrogen and oxygen atoms in total. The van der Waals surface area contributed by atoms with Gasteiger partial charge in [0.05, 0.1) is 10.6 Å². The molecule has 2 aliphatic heterocycles. The van der Waals surface area contributed by atoms with E-state index in [1.807, 2.05) is 49.4 Å². The maximum absolute atomic E-state index is 13.1. The highest BCUT2D eigenvalue weighted by Crippen LogP contribution is 2.48. The van der Waals surface area contributed by atoms with Gasteiger partial charge in [0.2, 0.25) is 0 Å². The minimum Gasteiger partial charge on any atom is -0.366 e. The van der Waals surface area contributed by atoms with Crippen molar-refractivity contribution in [3.8, 4) is 0 Å². The van der Waals surface area contributed by atoms with Crippen molar-refractivity contribution in [2.45, 2.75) is 29.5 Å². The van der Waals surface area contributed by atoms with Crippen LogP contribution in [-0.2, 0) is 16.3 Å². The molecule has 2 aromatic rings. The summed E-state index contributed by atoms with van der Waals surface area (Å²) in [5.74, 6) is 0. The average molecular weight is 299 g/mol. The number of hydrogen-bond donors (Lipinski definition) is 0. The summed E-state index contributed by atoms with van der Waals surface area (Å²) in [5, 5.41) is -0.487. The molecule has 21 heavy (non-hydrogen) atoms. The zero-order valence-electron chi connectivity index (χ0n) is 11.9. The van der Waals surface area contributed by atoms with Crippen LogP contribution in [-0.4, -0.2) is 21.0 Å². The van der Waals surface area contributed by atoms with Crippen LogP contribution in [0.1, 0.15) is 23.3 Å². The molecule has 0 bridgehead atoms. The minimum atomic E-state index is -3.34. The van der Waals surface area contributed by atoms with Crippen molar-refractivity contribution < 1.29 is 8.42 Å². The molecule has 0 unspecified atom stereocenters. The Kier molecular flexibility index (Phi) is 2.67. The molecule has 4 rings (SSSR count). The molecule has 0 N–H and O–H groups in total. The van der Waals surface area contributed by atoms with E-state index < -0.39 is 15.1 Å². The first-order chi connectivity index (χ1) is 10.1. The molecule has 0 saturated heterocycles. The van der Waals surface area contributed by atoms with Gasteiger partial charge in [-0.05, 0) is 30.5 Å². The first-order valence-corrected chi connectivity index (χ1v) is 8.83. The topological polar surface area (TPSA) is 37.4 Å². The van der Waals surface area contributed by atoms with Crippen molar-refractivity contribution >= 4 is 15.5 Å². The summed E-state index contributed by atoms with van der Waals surface area (Å²) in [4.78, 5) is 2.77. The maximum atomic E-state index is 13.1. The SMILES string of the molecule is C[C@@H]1[C@H](c2ccccc2)S(=O)(=O)c2cccc3c2N1CC3. The van der Waals surface area contributed by atoms with Crippen molar-refractivity contribution in [2.24, 2.45) is 0 Å². The largest absolute Gasteiger partial charge is 0.366 e. The molecule has 2 aromatic carbocycles. The van der Waals surface area contributed by atoms with E-state index in [0.717, 1.165) is 29.8 Å². The lowest BCUT2D eigenvalue weighted by Crippen LogP contribution is -2.43. The third-order valence-electron chi connectivity index (χ3n) is 4.69. The Bertz CT molecular complexity index is 799. The number of para-hydroxylation sites is 1. The molecule has 2 aliphatic rings. The quantitative estimate of drug-likeness (QED) is 0.812. The Labute approximate surface area is 125 Å². The van der Waals surface area contributed by atoms with Crippen molar-refractivity contribution in [3.05, 3.63) is 59.7 Å². The van der Waals surface area contributed by atoms with Gasteiger partial charge >= 0.3 is 0 Å². The number of benzene rings is 2. The first kappa shape index (κ1) is 12.9. The van der Waals surface area contributed by atoms with Gasteiger partial charge in [0.25, 0.3) is 0 Å². The third-order valence-corrected chi connectivity index (χ3v) is 6.97. The highest BCUT2D eigenvalue weighted by Gasteiger charge is 2.45. The van der Waals surface area contributed by atoms with Crippen LogP contribution in [0.2, 0.25) is 0 Å². The zero-order valence-corrected chi connectivity index (χ0v) is 12.7. The normalized spacial score (nSPS) is 25.7. The van der Waals surface area contributed by atoms with Crippen LogP contribution in [0.25, 0.3) is 0 Å². The summed E-state index contributed by atoms with van der Waals surface area (Å²) in [7, 11) is -3.34. The maximum Gasteiger partial charge on any atom is 0.189 e. The van der Waals surface area contributed by atoms with Crippen LogP contribution < -0.4 is 4.90 Å². The van der Waals surface area contributed by atoms with Crippen molar-refractivity contribution in [1.82, 2.24) is 0 Å². The second-order valence-electron chi connectivity index (χ2n) is 5.82. The molecule has 0 saturated carbocycles. The van der Waals surface area contributed by atoms with E-state index in [4.69, 9.17) is 0 Å². The van der Waals surface area contributed by atoms with Crippen LogP contribution in [0.5, 0.6) is 0 Å². The monoisotopic (exact) mass is 299 g/mol. The van der Waals surface area contributed by atoms with E-state index in [9.17, 15) is 8.42 Å². The third kappa shape index (κ3) is 1.69. The molecule has 4 heteroatoms. The highest BCUT2D eigenvalue weighted by molar-refractivity contribution is 7.92. The fraction of sp³-hybridized carbons (Fsp3) is 0.294. The summed E-state index contributed by atoms with van der Waals surface area (Å²) in [6.07, 6.45) is 0.935. The lowest BCUT2D eigenvalue weighted by atomic mass is 10.0. The Morgan fingerprint density at radius 1 is 1.05 bits per heavy atom. The lowest BCUT2D eigenvalue weighted by molar-refractivity contribution is 0.539. The van der Waals surface area contributed by atoms with Crippen molar-refractivity contribution in [1.29, 1.82) is 0 Å². The fourth-order valence-electron chi connectivity index (χ4n) is 3.74. The van der Waals surface area contributed by atoms with Crippen molar-refractivity contribution in [2.75, 3.05) is 11.4 Å². The van der Waals surface area contributed by atoms with Crippen LogP contribution >= 0.6 is 0 Å². The Morgan fingerprint density at radius 2 is 1.81 bits per heavy atom. The number of hydrogen-bond acceptors (Lipinski definition) is 3. The van der Waals surface area contributed by atoms with Gasteiger partial charge in [0.1, 0.15) is 5.25 Å². The molecule has 0 aromatic heterocycles. The van der Waals surface area contributed by atoms with Gasteiger partial charge in [-0.15, -0.1) is 0 Å². The second-order valence-corrected chi connectivity index (χ2v) is 7.86. The van der Waals surface area contributed by atoms with E-state index in [1.54, 1.807) is 6.07 Å². The van der Waals surface area contributed by atoms with Gasteiger partial charge in [-0.2, -0.15) is 0 Å². The van der Waals surface area contributed by atoms with Crippen molar-refractivity contribution in [3.63, 3.8) is 0 Å². The van der Waals surface area contributed by atoms with E-state index in [0.29, 0.717) is 4.90 Å². The standard InChI is InChI=1S/C17H17NO2S/c1-12-17(14-6-3-2-4-7-14)21(19,20)15-9-5-8-13-10-11-18(12)16(13)15/h2-9,12,17H,10-11H2,1H3/t12-,17-/m1/s1. The average Bonchev–Trinajstić information content (AvgIpc) is 2.91. The van der Waals surface area contributed by atoms with Gasteiger partial charge in [0, 0.05) is 12.6 Å². The first-order valence-electron chi connectivity index (χ1n) is 7.28. The predicted octanol–water partition coefficient (Wildman–Crippen LogP) is 2.97. The van der Waals surface area contributed by atoms with Gasteiger partial charge in [-0.3, -0.25) is 0 Å². The zero-order chi connectivity index (χ0) is 14.6. The molecule has 0 spiro atoms. The molecule has 0 aliphatic carbocycles. The molecule has 108 valence electrons. The Hall–Kier alpha value is -1.81. The summed E-state index contributed by atoms with van der Waals surface area (Å²) in [6.45, 7) is 2.94. The van der Waals surface area contributed by atoms with Gasteiger partial charge in [-0.1, -0.05) is 42.5 Å². The summed E-state index contributed by atoms with van der Waals surface area (Å²) in [6, 6.07) is 15.2. The van der Waals surface area contributed by atoms with Crippen LogP contribution in [0, 0.1) is 0 Å². The van der Waals surface area contributed by atoms with Gasteiger partial charge in [-0.25, -0.2) is 8.42 Å². The van der Waals surface area contributed by atoms with Crippen LogP contribution in [0.4, 0.5) is 5.69 Å². The lowest BCUT2D eigenvalue weighted by Gasteiger charge is -2.39. The van der Waals surface area contributed by atoms with Gasteiger partial charge < -0.3 is 4.90 Å². The van der Waals surface area contributed by atoms with E-state index in [1.165, 1.54) is 0 Å². The summed E-state index contributed by atoms with van der Waals surface area (Å²) < 4.78 is 26.2. The van der Waals surface area contributed by atoms with Crippen LogP contribution in [0.15, 0.2) is 53.4 Å². The second kappa shape index (κ2) is 4.34. The number of sulfone groups is 1. The molecule has 0 radical (unpaired) electrons. The molecule has 0 amide bonds. The highest BCUT2D eigenvalue weighted by atomic mass is 32.2. The molecule has 2 heterocycles. The van der Waals surface area contributed by atoms with E-state index >= 15 is 0 Å². The fourth-order valence-corrected chi connectivity index (χ4v) is 5.99. The molecule has 0 fully saturated rings. The van der Waals surface area contributed by atoms with Gasteiger partial charge in [0.15, 0.2) is 9.84 Å². The Morgan fingerprint density at radius 3 is 2.57 bits per heavy atom. The van der Waals surface area contributed by atoms with Crippen LogP contribution in [0.3, 0.4) is 0 Å². The Balaban J connectivity index is 1.98. The number of rotatable bonds is 1. The summed E-state index contributed by atoms with van der Waals surface area (Å²) >= 11 is 0. The van der Waals surface area contributed by atoms with E-state index in [2.05, 4.69) is 4.90 Å².